The van der Waals surface area contributed by atoms with E-state index in [2.05, 4.69) is 31.0 Å². The van der Waals surface area contributed by atoms with Crippen LogP contribution in [0.25, 0.3) is 0 Å². The third-order valence-electron chi connectivity index (χ3n) is 2.47. The van der Waals surface area contributed by atoms with E-state index in [0.29, 0.717) is 12.5 Å². The largest absolute Gasteiger partial charge is 0.374 e. The monoisotopic (exact) mass is 185 g/mol. The number of rotatable bonds is 5. The maximum absolute atomic E-state index is 12.0. The van der Waals surface area contributed by atoms with Crippen molar-refractivity contribution >= 4 is 0 Å². The molecular formula is C11H20FN. The highest BCUT2D eigenvalue weighted by Gasteiger charge is 2.19. The molecule has 13 heavy (non-hydrogen) atoms. The molecule has 1 nitrogen and oxygen atoms in total. The lowest BCUT2D eigenvalue weighted by molar-refractivity contribution is 0.251. The third-order valence-corrected chi connectivity index (χ3v) is 2.47. The minimum atomic E-state index is -0.196. The van der Waals surface area contributed by atoms with Crippen LogP contribution in [-0.4, -0.2) is 24.2 Å². The van der Waals surface area contributed by atoms with E-state index in [1.807, 2.05) is 0 Å². The van der Waals surface area contributed by atoms with Crippen LogP contribution in [0.5, 0.6) is 0 Å². The maximum atomic E-state index is 12.0. The average molecular weight is 185 g/mol. The van der Waals surface area contributed by atoms with Crippen molar-refractivity contribution in [2.24, 2.45) is 5.92 Å². The molecule has 0 aromatic carbocycles. The fourth-order valence-electron chi connectivity index (χ4n) is 1.89. The molecule has 1 atom stereocenters. The zero-order chi connectivity index (χ0) is 9.68. The quantitative estimate of drug-likeness (QED) is 0.636. The second kappa shape index (κ2) is 5.25. The van der Waals surface area contributed by atoms with E-state index in [0.717, 1.165) is 18.9 Å². The average Bonchev–Trinajstić information content (AvgIpc) is 2.48. The van der Waals surface area contributed by atoms with Gasteiger partial charge in [-0.15, -0.1) is 0 Å². The molecule has 1 aliphatic rings. The Kier molecular flexibility index (Phi) is 4.26. The van der Waals surface area contributed by atoms with Gasteiger partial charge in [0.1, 0.15) is 0 Å². The highest BCUT2D eigenvalue weighted by molar-refractivity contribution is 4.97. The van der Waals surface area contributed by atoms with Crippen molar-refractivity contribution in [1.29, 1.82) is 0 Å². The number of halogens is 1. The minimum absolute atomic E-state index is 0.196. The Morgan fingerprint density at radius 3 is 2.92 bits per heavy atom. The van der Waals surface area contributed by atoms with E-state index < -0.39 is 0 Å². The van der Waals surface area contributed by atoms with E-state index in [-0.39, 0.29) is 6.67 Å². The van der Waals surface area contributed by atoms with Gasteiger partial charge in [0.25, 0.3) is 0 Å². The van der Waals surface area contributed by atoms with E-state index in [4.69, 9.17) is 0 Å². The van der Waals surface area contributed by atoms with Crippen molar-refractivity contribution in [2.75, 3.05) is 13.2 Å². The van der Waals surface area contributed by atoms with Gasteiger partial charge in [0.15, 0.2) is 0 Å². The highest BCUT2D eigenvalue weighted by Crippen LogP contribution is 2.21. The van der Waals surface area contributed by atoms with Crippen LogP contribution in [-0.2, 0) is 0 Å². The molecule has 0 bridgehead atoms. The van der Waals surface area contributed by atoms with Gasteiger partial charge in [0.05, 0.1) is 6.67 Å². The summed E-state index contributed by atoms with van der Waals surface area (Å²) in [6, 6.07) is 0.631. The van der Waals surface area contributed by atoms with Crippen LogP contribution in [0.4, 0.5) is 4.39 Å². The molecule has 0 aromatic heterocycles. The summed E-state index contributed by atoms with van der Waals surface area (Å²) >= 11 is 0. The van der Waals surface area contributed by atoms with Gasteiger partial charge in [0, 0.05) is 12.6 Å². The first-order valence-electron chi connectivity index (χ1n) is 5.22. The highest BCUT2D eigenvalue weighted by atomic mass is 19.1. The molecule has 1 rings (SSSR count). The summed E-state index contributed by atoms with van der Waals surface area (Å²) in [5.41, 5.74) is 0. The van der Waals surface area contributed by atoms with Crippen molar-refractivity contribution in [3.63, 3.8) is 0 Å². The molecule has 1 aliphatic heterocycles. The first-order valence-corrected chi connectivity index (χ1v) is 5.22. The van der Waals surface area contributed by atoms with Gasteiger partial charge in [-0.3, -0.25) is 4.39 Å². The van der Waals surface area contributed by atoms with Gasteiger partial charge in [-0.2, -0.15) is 0 Å². The first-order chi connectivity index (χ1) is 6.24. The Balaban J connectivity index is 2.29. The van der Waals surface area contributed by atoms with E-state index in [9.17, 15) is 4.39 Å². The van der Waals surface area contributed by atoms with Crippen LogP contribution in [0.3, 0.4) is 0 Å². The van der Waals surface area contributed by atoms with Crippen molar-refractivity contribution in [3.05, 3.63) is 12.3 Å². The van der Waals surface area contributed by atoms with Crippen molar-refractivity contribution in [1.82, 2.24) is 4.90 Å². The lowest BCUT2D eigenvalue weighted by Crippen LogP contribution is -2.29. The molecule has 0 radical (unpaired) electrons. The molecule has 1 heterocycles. The van der Waals surface area contributed by atoms with Crippen LogP contribution in [0.15, 0.2) is 12.3 Å². The van der Waals surface area contributed by atoms with Crippen LogP contribution in [0.2, 0.25) is 0 Å². The number of hydrogen-bond donors (Lipinski definition) is 0. The third kappa shape index (κ3) is 3.37. The van der Waals surface area contributed by atoms with Crippen molar-refractivity contribution < 1.29 is 4.39 Å². The molecule has 0 saturated carbocycles. The molecule has 0 aliphatic carbocycles. The molecule has 0 amide bonds. The topological polar surface area (TPSA) is 3.24 Å². The Hall–Kier alpha value is -0.530. The van der Waals surface area contributed by atoms with Gasteiger partial charge in [0.2, 0.25) is 0 Å². The molecule has 0 spiro atoms. The molecule has 0 saturated heterocycles. The Labute approximate surface area is 80.6 Å². The second-order valence-electron chi connectivity index (χ2n) is 4.18. The Morgan fingerprint density at radius 2 is 2.31 bits per heavy atom. The van der Waals surface area contributed by atoms with Gasteiger partial charge in [-0.1, -0.05) is 19.9 Å². The Bertz CT molecular complexity index is 165. The number of hydrogen-bond acceptors (Lipinski definition) is 1. The zero-order valence-corrected chi connectivity index (χ0v) is 8.67. The molecule has 1 unspecified atom stereocenters. The number of alkyl halides is 1. The lowest BCUT2D eigenvalue weighted by Gasteiger charge is -2.26. The summed E-state index contributed by atoms with van der Waals surface area (Å²) in [5, 5.41) is 0. The van der Waals surface area contributed by atoms with E-state index in [1.54, 1.807) is 0 Å². The predicted molar refractivity (Wildman–Crippen MR) is 54.3 cm³/mol. The van der Waals surface area contributed by atoms with Gasteiger partial charge in [-0.05, 0) is 31.4 Å². The van der Waals surface area contributed by atoms with Gasteiger partial charge < -0.3 is 4.90 Å². The summed E-state index contributed by atoms with van der Waals surface area (Å²) in [7, 11) is 0. The van der Waals surface area contributed by atoms with E-state index >= 15 is 0 Å². The fourth-order valence-corrected chi connectivity index (χ4v) is 1.89. The summed E-state index contributed by atoms with van der Waals surface area (Å²) in [4.78, 5) is 2.29. The van der Waals surface area contributed by atoms with Crippen LogP contribution >= 0.6 is 0 Å². The number of nitrogens with zero attached hydrogens (tertiary/aromatic N) is 1. The molecule has 0 fully saturated rings. The van der Waals surface area contributed by atoms with E-state index in [1.165, 1.54) is 6.42 Å². The molecular weight excluding hydrogens is 165 g/mol. The molecule has 0 N–H and O–H groups in total. The van der Waals surface area contributed by atoms with Gasteiger partial charge >= 0.3 is 0 Å². The summed E-state index contributed by atoms with van der Waals surface area (Å²) in [5.74, 6) is 0.734. The van der Waals surface area contributed by atoms with Crippen LogP contribution in [0.1, 0.15) is 33.1 Å². The van der Waals surface area contributed by atoms with Crippen molar-refractivity contribution in [2.45, 2.75) is 39.2 Å². The minimum Gasteiger partial charge on any atom is -0.374 e. The normalized spacial score (nSPS) is 21.8. The summed E-state index contributed by atoms with van der Waals surface area (Å²) in [6.07, 6.45) is 7.36. The van der Waals surface area contributed by atoms with Crippen molar-refractivity contribution in [3.8, 4) is 0 Å². The first kappa shape index (κ1) is 10.6. The SMILES string of the molecule is CC(C)CC1CC=CN1CCCF. The maximum Gasteiger partial charge on any atom is 0.0911 e. The Morgan fingerprint density at radius 1 is 1.54 bits per heavy atom. The standard InChI is InChI=1S/C11H20FN/c1-10(2)9-11-5-3-7-13(11)8-4-6-12/h3,7,10-11H,4-6,8-9H2,1-2H3. The van der Waals surface area contributed by atoms with Crippen LogP contribution in [0, 0.1) is 5.92 Å². The summed E-state index contributed by atoms with van der Waals surface area (Å²) < 4.78 is 12.0. The molecule has 76 valence electrons. The smallest absolute Gasteiger partial charge is 0.0911 e. The zero-order valence-electron chi connectivity index (χ0n) is 8.67. The fraction of sp³-hybridized carbons (Fsp3) is 0.818. The second-order valence-corrected chi connectivity index (χ2v) is 4.18. The summed E-state index contributed by atoms with van der Waals surface area (Å²) in [6.45, 7) is 5.17. The van der Waals surface area contributed by atoms with Crippen LogP contribution < -0.4 is 0 Å². The lowest BCUT2D eigenvalue weighted by atomic mass is 10.0. The van der Waals surface area contributed by atoms with Gasteiger partial charge in [-0.25, -0.2) is 0 Å². The predicted octanol–water partition coefficient (Wildman–Crippen LogP) is 2.98. The molecule has 0 aromatic rings. The molecule has 2 heteroatoms.